The summed E-state index contributed by atoms with van der Waals surface area (Å²) in [7, 11) is -0.836. The van der Waals surface area contributed by atoms with Crippen molar-refractivity contribution in [1.29, 1.82) is 0 Å². The third-order valence-electron chi connectivity index (χ3n) is 6.09. The zero-order valence-electron chi connectivity index (χ0n) is 20.2. The maximum atomic E-state index is 6.33. The van der Waals surface area contributed by atoms with Crippen molar-refractivity contribution in [3.8, 4) is 0 Å². The van der Waals surface area contributed by atoms with Crippen LogP contribution in [0, 0.1) is 0 Å². The second kappa shape index (κ2) is 14.3. The first-order valence-corrected chi connectivity index (χ1v) is 15.5. The molecule has 35 heavy (non-hydrogen) atoms. The Kier molecular flexibility index (Phi) is 10.5. The molecule has 0 fully saturated rings. The van der Waals surface area contributed by atoms with Crippen LogP contribution in [0.5, 0.6) is 0 Å². The predicted molar refractivity (Wildman–Crippen MR) is 156 cm³/mol. The van der Waals surface area contributed by atoms with Crippen LogP contribution in [0.4, 0.5) is 0 Å². The zero-order chi connectivity index (χ0) is 24.1. The topological polar surface area (TPSA) is 35.2 Å². The largest absolute Gasteiger partial charge is 0.377 e. The summed E-state index contributed by atoms with van der Waals surface area (Å²) in [5.74, 6) is 0. The van der Waals surface area contributed by atoms with Gasteiger partial charge in [0.25, 0.3) is 0 Å². The van der Waals surface area contributed by atoms with E-state index in [2.05, 4.69) is 121 Å². The van der Waals surface area contributed by atoms with Crippen molar-refractivity contribution in [2.24, 2.45) is 5.73 Å². The predicted octanol–water partition coefficient (Wildman–Crippen LogP) is 5.38. The van der Waals surface area contributed by atoms with Gasteiger partial charge in [0.1, 0.15) is 0 Å². The maximum Gasteiger partial charge on any atom is 0.0592 e. The number of ether oxygens (including phenoxy) is 1. The van der Waals surface area contributed by atoms with Gasteiger partial charge >= 0.3 is 0 Å². The molecule has 2 N–H and O–H groups in total. The average molecular weight is 500 g/mol. The summed E-state index contributed by atoms with van der Waals surface area (Å²) in [5.41, 5.74) is 5.84. The van der Waals surface area contributed by atoms with E-state index in [1.54, 1.807) is 0 Å². The highest BCUT2D eigenvalue weighted by molar-refractivity contribution is 7.73. The van der Waals surface area contributed by atoms with Gasteiger partial charge in [0.05, 0.1) is 12.7 Å². The molecule has 2 nitrogen and oxygen atoms in total. The molecule has 0 heterocycles. The molecule has 0 unspecified atom stereocenters. The minimum absolute atomic E-state index is 0.216. The van der Waals surface area contributed by atoms with Crippen LogP contribution in [0.2, 0.25) is 0 Å². The Bertz CT molecular complexity index is 928. The van der Waals surface area contributed by atoms with Crippen molar-refractivity contribution in [2.45, 2.75) is 18.9 Å². The van der Waals surface area contributed by atoms with Crippen LogP contribution in [0.25, 0.3) is 0 Å². The van der Waals surface area contributed by atoms with Crippen LogP contribution in [0.3, 0.4) is 0 Å². The third-order valence-corrected chi connectivity index (χ3v) is 11.2. The fourth-order valence-corrected chi connectivity index (χ4v) is 9.19. The van der Waals surface area contributed by atoms with E-state index in [0.29, 0.717) is 13.2 Å². The van der Waals surface area contributed by atoms with E-state index in [1.165, 1.54) is 21.2 Å². The van der Waals surface area contributed by atoms with Crippen LogP contribution in [0.1, 0.15) is 12.8 Å². The Hall–Kier alpha value is -2.34. The lowest BCUT2D eigenvalue weighted by Gasteiger charge is -2.25. The highest BCUT2D eigenvalue weighted by atomic mass is 31.1. The van der Waals surface area contributed by atoms with E-state index >= 15 is 0 Å². The Morgan fingerprint density at radius 3 is 1.11 bits per heavy atom. The van der Waals surface area contributed by atoms with Crippen molar-refractivity contribution < 1.29 is 4.74 Å². The van der Waals surface area contributed by atoms with Gasteiger partial charge in [-0.05, 0) is 62.2 Å². The van der Waals surface area contributed by atoms with E-state index in [0.717, 1.165) is 25.2 Å². The molecule has 0 atom stereocenters. The molecule has 4 rings (SSSR count). The maximum absolute atomic E-state index is 6.33. The van der Waals surface area contributed by atoms with Crippen LogP contribution in [0.15, 0.2) is 121 Å². The molecule has 4 aromatic carbocycles. The molecule has 0 saturated heterocycles. The summed E-state index contributed by atoms with van der Waals surface area (Å²) in [5, 5.41) is 5.73. The van der Waals surface area contributed by atoms with Crippen LogP contribution in [-0.2, 0) is 4.74 Å². The molecular weight excluding hydrogens is 464 g/mol. The van der Waals surface area contributed by atoms with Gasteiger partial charge in [-0.1, -0.05) is 121 Å². The molecule has 4 heteroatoms. The molecular formula is C31H35NOP2. The molecule has 4 aromatic rings. The van der Waals surface area contributed by atoms with E-state index in [9.17, 15) is 0 Å². The first kappa shape index (κ1) is 25.7. The second-order valence-electron chi connectivity index (χ2n) is 8.50. The molecule has 0 aliphatic rings. The SMILES string of the molecule is NCCOC(CCP(c1ccccc1)c1ccccc1)CCP(c1ccccc1)c1ccccc1. The van der Waals surface area contributed by atoms with Gasteiger partial charge in [-0.2, -0.15) is 0 Å². The smallest absolute Gasteiger partial charge is 0.0592 e. The molecule has 0 amide bonds. The van der Waals surface area contributed by atoms with Crippen molar-refractivity contribution in [1.82, 2.24) is 0 Å². The Labute approximate surface area is 213 Å². The molecule has 0 aliphatic heterocycles. The molecule has 0 aromatic heterocycles. The van der Waals surface area contributed by atoms with Crippen molar-refractivity contribution in [2.75, 3.05) is 25.5 Å². The number of hydrogen-bond donors (Lipinski definition) is 1. The van der Waals surface area contributed by atoms with Gasteiger partial charge in [-0.3, -0.25) is 0 Å². The van der Waals surface area contributed by atoms with E-state index < -0.39 is 15.8 Å². The highest BCUT2D eigenvalue weighted by Gasteiger charge is 2.20. The fraction of sp³-hybridized carbons (Fsp3) is 0.226. The summed E-state index contributed by atoms with van der Waals surface area (Å²) in [4.78, 5) is 0. The van der Waals surface area contributed by atoms with Gasteiger partial charge in [-0.15, -0.1) is 0 Å². The minimum Gasteiger partial charge on any atom is -0.377 e. The first-order valence-electron chi connectivity index (χ1n) is 12.4. The van der Waals surface area contributed by atoms with E-state index in [-0.39, 0.29) is 6.10 Å². The minimum atomic E-state index is -0.418. The van der Waals surface area contributed by atoms with Gasteiger partial charge in [-0.25, -0.2) is 0 Å². The quantitative estimate of drug-likeness (QED) is 0.251. The number of rotatable bonds is 13. The van der Waals surface area contributed by atoms with Gasteiger partial charge in [0.15, 0.2) is 0 Å². The normalized spacial score (nSPS) is 11.4. The molecule has 180 valence electrons. The van der Waals surface area contributed by atoms with Crippen molar-refractivity contribution in [3.63, 3.8) is 0 Å². The van der Waals surface area contributed by atoms with Crippen molar-refractivity contribution >= 4 is 37.1 Å². The summed E-state index contributed by atoms with van der Waals surface area (Å²) in [6.07, 6.45) is 4.54. The zero-order valence-corrected chi connectivity index (χ0v) is 22.0. The summed E-state index contributed by atoms with van der Waals surface area (Å²) < 4.78 is 6.33. The van der Waals surface area contributed by atoms with Crippen LogP contribution < -0.4 is 27.0 Å². The lowest BCUT2D eigenvalue weighted by atomic mass is 10.2. The molecule has 0 spiro atoms. The van der Waals surface area contributed by atoms with Crippen LogP contribution in [-0.4, -0.2) is 31.6 Å². The lowest BCUT2D eigenvalue weighted by molar-refractivity contribution is 0.0551. The molecule has 0 saturated carbocycles. The monoisotopic (exact) mass is 499 g/mol. The van der Waals surface area contributed by atoms with Gasteiger partial charge in [0.2, 0.25) is 0 Å². The average Bonchev–Trinajstić information content (AvgIpc) is 2.94. The van der Waals surface area contributed by atoms with E-state index in [1.807, 2.05) is 0 Å². The first-order chi connectivity index (χ1) is 17.3. The van der Waals surface area contributed by atoms with Crippen molar-refractivity contribution in [3.05, 3.63) is 121 Å². The fourth-order valence-electron chi connectivity index (χ4n) is 4.34. The van der Waals surface area contributed by atoms with Gasteiger partial charge < -0.3 is 10.5 Å². The Balaban J connectivity index is 1.49. The lowest BCUT2D eigenvalue weighted by Crippen LogP contribution is -2.24. The number of nitrogens with two attached hydrogens (primary N) is 1. The standard InChI is InChI=1S/C31H35NOP2/c32-23-24-33-27(21-25-34(28-13-5-1-6-14-28)29-15-7-2-8-16-29)22-26-35(30-17-9-3-10-18-30)31-19-11-4-12-20-31/h1-20,27H,21-26,32H2. The summed E-state index contributed by atoms with van der Waals surface area (Å²) in [6, 6.07) is 43.9. The Morgan fingerprint density at radius 2 is 0.829 bits per heavy atom. The van der Waals surface area contributed by atoms with E-state index in [4.69, 9.17) is 10.5 Å². The molecule has 0 bridgehead atoms. The third kappa shape index (κ3) is 7.83. The summed E-state index contributed by atoms with van der Waals surface area (Å²) in [6.45, 7) is 1.18. The molecule has 0 radical (unpaired) electrons. The molecule has 0 aliphatic carbocycles. The Morgan fingerprint density at radius 1 is 0.514 bits per heavy atom. The van der Waals surface area contributed by atoms with Crippen LogP contribution >= 0.6 is 15.8 Å². The highest BCUT2D eigenvalue weighted by Crippen LogP contribution is 2.38. The second-order valence-corrected chi connectivity index (χ2v) is 13.2. The number of benzene rings is 4. The van der Waals surface area contributed by atoms with Gasteiger partial charge in [0, 0.05) is 6.54 Å². The number of hydrogen-bond acceptors (Lipinski definition) is 2. The summed E-state index contributed by atoms with van der Waals surface area (Å²) >= 11 is 0.